The highest BCUT2D eigenvalue weighted by Gasteiger charge is 2.18. The predicted molar refractivity (Wildman–Crippen MR) is 108 cm³/mol. The van der Waals surface area contributed by atoms with Crippen molar-refractivity contribution in [2.24, 2.45) is 0 Å². The van der Waals surface area contributed by atoms with Crippen LogP contribution in [0.2, 0.25) is 15.1 Å². The minimum atomic E-state index is -0.245. The third-order valence-electron chi connectivity index (χ3n) is 3.95. The molecule has 0 aliphatic carbocycles. The quantitative estimate of drug-likeness (QED) is 0.545. The van der Waals surface area contributed by atoms with E-state index >= 15 is 0 Å². The van der Waals surface area contributed by atoms with Crippen LogP contribution in [0.15, 0.2) is 36.7 Å². The lowest BCUT2D eigenvalue weighted by atomic mass is 10.3. The van der Waals surface area contributed by atoms with Gasteiger partial charge in [0.15, 0.2) is 12.4 Å². The van der Waals surface area contributed by atoms with Crippen LogP contribution < -0.4 is 4.74 Å². The Morgan fingerprint density at radius 1 is 1.14 bits per heavy atom. The van der Waals surface area contributed by atoms with Gasteiger partial charge in [0.1, 0.15) is 11.4 Å². The number of hydrogen-bond acceptors (Lipinski definition) is 4. The first-order chi connectivity index (χ1) is 13.4. The van der Waals surface area contributed by atoms with Gasteiger partial charge in [-0.05, 0) is 31.2 Å². The third kappa shape index (κ3) is 4.79. The average molecular weight is 443 g/mol. The lowest BCUT2D eigenvalue weighted by Crippen LogP contribution is -2.27. The van der Waals surface area contributed by atoms with Crippen LogP contribution in [0.1, 0.15) is 23.1 Å². The first kappa shape index (κ1) is 20.5. The molecule has 0 saturated heterocycles. The zero-order chi connectivity index (χ0) is 20.3. The number of halogens is 3. The van der Waals surface area contributed by atoms with Crippen molar-refractivity contribution in [3.8, 4) is 5.75 Å². The average Bonchev–Trinajstić information content (AvgIpc) is 3.27. The number of ether oxygens (including phenoxy) is 1. The van der Waals surface area contributed by atoms with Crippen LogP contribution in [-0.2, 0) is 19.8 Å². The van der Waals surface area contributed by atoms with Crippen molar-refractivity contribution in [2.75, 3.05) is 7.05 Å². The molecule has 0 aliphatic rings. The van der Waals surface area contributed by atoms with Gasteiger partial charge >= 0.3 is 0 Å². The number of rotatable bonds is 7. The van der Waals surface area contributed by atoms with Crippen molar-refractivity contribution in [1.29, 1.82) is 0 Å². The van der Waals surface area contributed by atoms with E-state index < -0.39 is 0 Å². The molecule has 0 spiro atoms. The van der Waals surface area contributed by atoms with E-state index in [1.54, 1.807) is 48.4 Å². The molecular weight excluding hydrogens is 425 g/mol. The summed E-state index contributed by atoms with van der Waals surface area (Å²) in [6.45, 7) is 3.06. The van der Waals surface area contributed by atoms with Crippen molar-refractivity contribution >= 4 is 40.7 Å². The first-order valence-electron chi connectivity index (χ1n) is 8.46. The highest BCUT2D eigenvalue weighted by Crippen LogP contribution is 2.27. The highest BCUT2D eigenvalue weighted by molar-refractivity contribution is 6.35. The molecule has 3 rings (SSSR count). The van der Waals surface area contributed by atoms with Gasteiger partial charge < -0.3 is 9.64 Å². The Morgan fingerprint density at radius 3 is 2.61 bits per heavy atom. The summed E-state index contributed by atoms with van der Waals surface area (Å²) < 4.78 is 8.84. The van der Waals surface area contributed by atoms with E-state index in [4.69, 9.17) is 39.5 Å². The second-order valence-electron chi connectivity index (χ2n) is 6.03. The van der Waals surface area contributed by atoms with E-state index in [1.807, 2.05) is 6.92 Å². The molecule has 28 heavy (non-hydrogen) atoms. The van der Waals surface area contributed by atoms with Crippen molar-refractivity contribution in [3.63, 3.8) is 0 Å². The molecule has 2 aromatic heterocycles. The van der Waals surface area contributed by atoms with E-state index in [-0.39, 0.29) is 19.2 Å². The molecule has 148 valence electrons. The van der Waals surface area contributed by atoms with Crippen LogP contribution in [-0.4, -0.2) is 37.4 Å². The predicted octanol–water partition coefficient (Wildman–Crippen LogP) is 4.37. The number of carbonyl (C=O) groups excluding carboxylic acids is 1. The Kier molecular flexibility index (Phi) is 6.49. The van der Waals surface area contributed by atoms with Crippen molar-refractivity contribution in [3.05, 3.63) is 63.1 Å². The molecule has 0 radical (unpaired) electrons. The van der Waals surface area contributed by atoms with E-state index in [9.17, 15) is 4.79 Å². The molecule has 0 N–H and O–H groups in total. The maximum atomic E-state index is 12.6. The molecule has 0 bridgehead atoms. The monoisotopic (exact) mass is 441 g/mol. The van der Waals surface area contributed by atoms with Gasteiger partial charge in [-0.3, -0.25) is 9.48 Å². The number of nitrogens with zero attached hydrogens (tertiary/aromatic N) is 5. The normalized spacial score (nSPS) is 10.9. The van der Waals surface area contributed by atoms with Gasteiger partial charge in [-0.2, -0.15) is 10.2 Å². The molecule has 1 aromatic carbocycles. The molecule has 0 aliphatic heterocycles. The number of amides is 1. The second kappa shape index (κ2) is 8.86. The van der Waals surface area contributed by atoms with Crippen molar-refractivity contribution < 1.29 is 9.53 Å². The smallest absolute Gasteiger partial charge is 0.274 e. The van der Waals surface area contributed by atoms with Gasteiger partial charge in [0, 0.05) is 31.0 Å². The topological polar surface area (TPSA) is 65.2 Å². The number of hydrogen-bond donors (Lipinski definition) is 0. The largest absolute Gasteiger partial charge is 0.470 e. The number of aryl methyl sites for hydroxylation is 1. The number of aromatic nitrogens is 4. The van der Waals surface area contributed by atoms with Gasteiger partial charge in [-0.1, -0.05) is 34.8 Å². The lowest BCUT2D eigenvalue weighted by molar-refractivity contribution is 0.0775. The van der Waals surface area contributed by atoms with Crippen LogP contribution >= 0.6 is 34.8 Å². The minimum Gasteiger partial charge on any atom is -0.470 e. The SMILES string of the molecule is CCn1cc(Cl)c(CN(C)C(=O)c2ccn(COc3ccc(Cl)cc3Cl)n2)n1. The molecule has 3 aromatic rings. The molecule has 0 atom stereocenters. The zero-order valence-electron chi connectivity index (χ0n) is 15.3. The summed E-state index contributed by atoms with van der Waals surface area (Å²) >= 11 is 18.1. The fourth-order valence-electron chi connectivity index (χ4n) is 2.47. The van der Waals surface area contributed by atoms with Crippen LogP contribution in [0.5, 0.6) is 5.75 Å². The van der Waals surface area contributed by atoms with E-state index in [0.717, 1.165) is 0 Å². The molecule has 0 fully saturated rings. The summed E-state index contributed by atoms with van der Waals surface area (Å²) in [7, 11) is 1.67. The number of benzene rings is 1. The second-order valence-corrected chi connectivity index (χ2v) is 7.28. The molecule has 2 heterocycles. The van der Waals surface area contributed by atoms with Crippen molar-refractivity contribution in [1.82, 2.24) is 24.5 Å². The van der Waals surface area contributed by atoms with E-state index in [1.165, 1.54) is 9.58 Å². The fraction of sp³-hybridized carbons (Fsp3) is 0.278. The van der Waals surface area contributed by atoms with Crippen LogP contribution in [0.3, 0.4) is 0 Å². The minimum absolute atomic E-state index is 0.102. The fourth-order valence-corrected chi connectivity index (χ4v) is 3.15. The number of carbonyl (C=O) groups is 1. The van der Waals surface area contributed by atoms with Gasteiger partial charge in [0.2, 0.25) is 0 Å². The Bertz CT molecular complexity index is 986. The van der Waals surface area contributed by atoms with Crippen LogP contribution in [0, 0.1) is 0 Å². The van der Waals surface area contributed by atoms with Gasteiger partial charge in [0.05, 0.1) is 16.6 Å². The summed E-state index contributed by atoms with van der Waals surface area (Å²) in [5.41, 5.74) is 0.930. The molecule has 1 amide bonds. The van der Waals surface area contributed by atoms with Crippen molar-refractivity contribution in [2.45, 2.75) is 26.7 Å². The lowest BCUT2D eigenvalue weighted by Gasteiger charge is -2.14. The molecule has 10 heteroatoms. The summed E-state index contributed by atoms with van der Waals surface area (Å²) in [4.78, 5) is 14.1. The molecule has 0 saturated carbocycles. The van der Waals surface area contributed by atoms with Gasteiger partial charge in [-0.25, -0.2) is 4.68 Å². The standard InChI is InChI=1S/C18H18Cl3N5O2/c1-3-25-9-14(21)16(23-25)10-24(2)18(27)15-6-7-26(22-15)11-28-17-5-4-12(19)8-13(17)20/h4-9H,3,10-11H2,1-2H3. The van der Waals surface area contributed by atoms with Gasteiger partial charge in [0.25, 0.3) is 5.91 Å². The summed E-state index contributed by atoms with van der Waals surface area (Å²) in [6, 6.07) is 6.57. The molecular formula is C18H18Cl3N5O2. The van der Waals surface area contributed by atoms with E-state index in [0.29, 0.717) is 38.8 Å². The van der Waals surface area contributed by atoms with Gasteiger partial charge in [-0.15, -0.1) is 0 Å². The van der Waals surface area contributed by atoms with E-state index in [2.05, 4.69) is 10.2 Å². The summed E-state index contributed by atoms with van der Waals surface area (Å²) in [6.07, 6.45) is 3.40. The summed E-state index contributed by atoms with van der Waals surface area (Å²) in [5.74, 6) is 0.234. The Balaban J connectivity index is 1.62. The Morgan fingerprint density at radius 2 is 1.93 bits per heavy atom. The maximum Gasteiger partial charge on any atom is 0.274 e. The molecule has 0 unspecified atom stereocenters. The third-order valence-corrected chi connectivity index (χ3v) is 4.80. The Labute approximate surface area is 177 Å². The maximum absolute atomic E-state index is 12.6. The highest BCUT2D eigenvalue weighted by atomic mass is 35.5. The molecule has 7 nitrogen and oxygen atoms in total. The summed E-state index contributed by atoms with van der Waals surface area (Å²) in [5, 5.41) is 10.1. The van der Waals surface area contributed by atoms with Crippen LogP contribution in [0.25, 0.3) is 0 Å². The first-order valence-corrected chi connectivity index (χ1v) is 9.59. The Hall–Kier alpha value is -2.22. The van der Waals surface area contributed by atoms with Crippen LogP contribution in [0.4, 0.5) is 0 Å². The zero-order valence-corrected chi connectivity index (χ0v) is 17.5.